The maximum Gasteiger partial charge on any atom is 0.213 e. The number of fused-ring (bicyclic) bond motifs is 2. The van der Waals surface area contributed by atoms with Gasteiger partial charge < -0.3 is 19.0 Å². The van der Waals surface area contributed by atoms with Crippen LogP contribution >= 0.6 is 0 Å². The van der Waals surface area contributed by atoms with Gasteiger partial charge in [0.25, 0.3) is 0 Å². The molecule has 0 amide bonds. The molecule has 0 aliphatic heterocycles. The molecule has 7 heteroatoms. The molecule has 0 saturated heterocycles. The third kappa shape index (κ3) is 4.93. The van der Waals surface area contributed by atoms with E-state index in [2.05, 4.69) is 25.8 Å². The molecule has 0 bridgehead atoms. The van der Waals surface area contributed by atoms with Gasteiger partial charge in [-0.3, -0.25) is 0 Å². The summed E-state index contributed by atoms with van der Waals surface area (Å²) in [7, 11) is 3.12. The highest BCUT2D eigenvalue weighted by molar-refractivity contribution is 5.70. The van der Waals surface area contributed by atoms with E-state index in [-0.39, 0.29) is 41.0 Å². The normalized spacial score (nSPS) is 20.8. The monoisotopic (exact) mass is 535 g/mol. The predicted molar refractivity (Wildman–Crippen MR) is 145 cm³/mol. The first-order chi connectivity index (χ1) is 18.6. The number of hydrogen-bond donors (Lipinski definition) is 0. The topological polar surface area (TPSA) is 57.7 Å². The zero-order valence-electron chi connectivity index (χ0n) is 23.1. The Hall–Kier alpha value is -3.32. The Balaban J connectivity index is 1.49. The average Bonchev–Trinajstić information content (AvgIpc) is 3.61. The molecule has 0 radical (unpaired) electrons. The van der Waals surface area contributed by atoms with E-state index in [0.717, 1.165) is 48.4 Å². The Morgan fingerprint density at radius 1 is 1.13 bits per heavy atom. The molecule has 2 aliphatic carbocycles. The lowest BCUT2D eigenvalue weighted by Gasteiger charge is -2.32. The molecule has 1 saturated carbocycles. The highest BCUT2D eigenvalue weighted by atomic mass is 19.1. The fourth-order valence-electron chi connectivity index (χ4n) is 6.27. The third-order valence-electron chi connectivity index (χ3n) is 8.20. The van der Waals surface area contributed by atoms with Crippen molar-refractivity contribution in [1.82, 2.24) is 4.98 Å². The number of carbonyl (C=O) groups is 1. The number of rotatable bonds is 8. The summed E-state index contributed by atoms with van der Waals surface area (Å²) in [5.41, 5.74) is 3.57. The fourth-order valence-corrected chi connectivity index (χ4v) is 6.27. The molecule has 1 spiro atoms. The Morgan fingerprint density at radius 2 is 1.92 bits per heavy atom. The first-order valence-electron chi connectivity index (χ1n) is 13.4. The Bertz CT molecular complexity index is 1400. The molecule has 1 heterocycles. The quantitative estimate of drug-likeness (QED) is 0.287. The van der Waals surface area contributed by atoms with Crippen LogP contribution in [-0.2, 0) is 28.0 Å². The number of hydrogen-bond acceptors (Lipinski definition) is 5. The number of aromatic nitrogens is 1. The standard InChI is InChI=1S/C32H35F2NO4/c1-31(2,3)30(38-5)24-13-19(8-10-22(24)23-14-27(37-4)35-16-25(23)33)18-39-26-11-9-20-7-6-12-32(15-21(32)17-36)28(20)29(26)34/h8-11,13-14,16-17,21,30H,6-7,12,15,18H2,1-5H3/t21-,30-,32+/m0/s1. The van der Waals surface area contributed by atoms with Gasteiger partial charge in [0.15, 0.2) is 11.6 Å². The molecule has 2 aromatic carbocycles. The molecule has 5 rings (SSSR count). The second-order valence-electron chi connectivity index (χ2n) is 11.8. The lowest BCUT2D eigenvalue weighted by atomic mass is 9.78. The van der Waals surface area contributed by atoms with Crippen LogP contribution in [0.15, 0.2) is 42.6 Å². The molecule has 5 nitrogen and oxygen atoms in total. The number of pyridine rings is 1. The van der Waals surface area contributed by atoms with Crippen molar-refractivity contribution in [2.75, 3.05) is 14.2 Å². The average molecular weight is 536 g/mol. The van der Waals surface area contributed by atoms with Crippen LogP contribution in [-0.4, -0.2) is 25.5 Å². The number of ether oxygens (including phenoxy) is 3. The maximum absolute atomic E-state index is 15.8. The van der Waals surface area contributed by atoms with Gasteiger partial charge in [-0.25, -0.2) is 13.8 Å². The number of aldehydes is 1. The summed E-state index contributed by atoms with van der Waals surface area (Å²) < 4.78 is 47.9. The molecule has 39 heavy (non-hydrogen) atoms. The van der Waals surface area contributed by atoms with Crippen LogP contribution in [0, 0.1) is 23.0 Å². The number of aryl methyl sites for hydroxylation is 1. The van der Waals surface area contributed by atoms with Crippen molar-refractivity contribution < 1.29 is 27.8 Å². The number of nitrogens with zero attached hydrogens (tertiary/aromatic N) is 1. The van der Waals surface area contributed by atoms with Crippen LogP contribution in [0.5, 0.6) is 11.6 Å². The maximum atomic E-state index is 15.8. The van der Waals surface area contributed by atoms with Gasteiger partial charge in [-0.15, -0.1) is 0 Å². The van der Waals surface area contributed by atoms with Gasteiger partial charge in [0, 0.05) is 35.6 Å². The van der Waals surface area contributed by atoms with Gasteiger partial charge in [0.05, 0.1) is 19.4 Å². The van der Waals surface area contributed by atoms with Crippen LogP contribution in [0.25, 0.3) is 11.1 Å². The molecule has 206 valence electrons. The van der Waals surface area contributed by atoms with Crippen LogP contribution in [0.4, 0.5) is 8.78 Å². The largest absolute Gasteiger partial charge is 0.486 e. The predicted octanol–water partition coefficient (Wildman–Crippen LogP) is 7.14. The second kappa shape index (κ2) is 10.3. The van der Waals surface area contributed by atoms with Crippen LogP contribution in [0.2, 0.25) is 0 Å². The Morgan fingerprint density at radius 3 is 2.59 bits per heavy atom. The lowest BCUT2D eigenvalue weighted by molar-refractivity contribution is -0.109. The molecular formula is C32H35F2NO4. The van der Waals surface area contributed by atoms with Crippen molar-refractivity contribution in [3.63, 3.8) is 0 Å². The second-order valence-corrected chi connectivity index (χ2v) is 11.8. The zero-order valence-corrected chi connectivity index (χ0v) is 23.1. The van der Waals surface area contributed by atoms with Crippen LogP contribution in [0.1, 0.15) is 68.4 Å². The van der Waals surface area contributed by atoms with E-state index in [1.54, 1.807) is 19.2 Å². The van der Waals surface area contributed by atoms with Crippen molar-refractivity contribution in [2.24, 2.45) is 11.3 Å². The first-order valence-corrected chi connectivity index (χ1v) is 13.4. The van der Waals surface area contributed by atoms with Crippen molar-refractivity contribution >= 4 is 6.29 Å². The van der Waals surface area contributed by atoms with E-state index in [4.69, 9.17) is 14.2 Å². The van der Waals surface area contributed by atoms with Gasteiger partial charge in [0.2, 0.25) is 5.88 Å². The van der Waals surface area contributed by atoms with Gasteiger partial charge in [-0.2, -0.15) is 0 Å². The first kappa shape index (κ1) is 27.3. The summed E-state index contributed by atoms with van der Waals surface area (Å²) in [5.74, 6) is -0.455. The summed E-state index contributed by atoms with van der Waals surface area (Å²) in [6.07, 6.45) is 5.06. The number of methoxy groups -OCH3 is 2. The SMILES string of the molecule is COc1cc(-c2ccc(COc3ccc4c(c3F)[C@]3(CCC4)C[C@H]3C=O)cc2[C@H](OC)C(C)(C)C)c(F)cn1. The highest BCUT2D eigenvalue weighted by Crippen LogP contribution is 2.60. The van der Waals surface area contributed by atoms with Gasteiger partial charge in [-0.05, 0) is 65.5 Å². The number of benzene rings is 2. The molecule has 0 unspecified atom stereocenters. The minimum Gasteiger partial charge on any atom is -0.486 e. The summed E-state index contributed by atoms with van der Waals surface area (Å²) in [6, 6.07) is 10.8. The van der Waals surface area contributed by atoms with Gasteiger partial charge in [-0.1, -0.05) is 39.0 Å². The van der Waals surface area contributed by atoms with Crippen molar-refractivity contribution in [2.45, 2.75) is 64.6 Å². The fraction of sp³-hybridized carbons (Fsp3) is 0.438. The minimum atomic E-state index is -0.469. The van der Waals surface area contributed by atoms with E-state index in [0.29, 0.717) is 29.0 Å². The molecule has 2 aliphatic rings. The number of halogens is 2. The van der Waals surface area contributed by atoms with Crippen LogP contribution < -0.4 is 9.47 Å². The number of carbonyl (C=O) groups excluding carboxylic acids is 1. The Labute approximate surface area is 228 Å². The van der Waals surface area contributed by atoms with E-state index >= 15 is 4.39 Å². The van der Waals surface area contributed by atoms with Gasteiger partial charge in [0.1, 0.15) is 18.7 Å². The van der Waals surface area contributed by atoms with E-state index in [9.17, 15) is 9.18 Å². The van der Waals surface area contributed by atoms with Crippen LogP contribution in [0.3, 0.4) is 0 Å². The molecule has 3 aromatic rings. The highest BCUT2D eigenvalue weighted by Gasteiger charge is 2.58. The molecule has 1 aromatic heterocycles. The summed E-state index contributed by atoms with van der Waals surface area (Å²) in [5, 5.41) is 0. The van der Waals surface area contributed by atoms with E-state index in [1.807, 2.05) is 24.3 Å². The lowest BCUT2D eigenvalue weighted by Crippen LogP contribution is -2.22. The van der Waals surface area contributed by atoms with Crippen molar-refractivity contribution in [3.8, 4) is 22.8 Å². The van der Waals surface area contributed by atoms with E-state index < -0.39 is 5.82 Å². The zero-order chi connectivity index (χ0) is 27.9. The van der Waals surface area contributed by atoms with Crippen molar-refractivity contribution in [1.29, 1.82) is 0 Å². The van der Waals surface area contributed by atoms with Crippen molar-refractivity contribution in [3.05, 3.63) is 76.5 Å². The molecule has 3 atom stereocenters. The smallest absolute Gasteiger partial charge is 0.213 e. The molecule has 1 fully saturated rings. The Kier molecular flexibility index (Phi) is 7.23. The molecule has 0 N–H and O–H groups in total. The summed E-state index contributed by atoms with van der Waals surface area (Å²) in [4.78, 5) is 15.5. The minimum absolute atomic E-state index is 0.119. The third-order valence-corrected chi connectivity index (χ3v) is 8.20. The summed E-state index contributed by atoms with van der Waals surface area (Å²) >= 11 is 0. The summed E-state index contributed by atoms with van der Waals surface area (Å²) in [6.45, 7) is 6.29. The van der Waals surface area contributed by atoms with E-state index in [1.165, 1.54) is 7.11 Å². The molecular weight excluding hydrogens is 500 g/mol. The van der Waals surface area contributed by atoms with Gasteiger partial charge >= 0.3 is 0 Å².